The first kappa shape index (κ1) is 26.5. The maximum Gasteiger partial charge on any atom is 0.266 e. The molecule has 2 aromatic rings. The number of nitrogens with zero attached hydrogens (tertiary/aromatic N) is 3. The van der Waals surface area contributed by atoms with Crippen molar-refractivity contribution in [3.05, 3.63) is 69.6 Å². The minimum atomic E-state index is -0.0858. The molecule has 1 saturated heterocycles. The van der Waals surface area contributed by atoms with Gasteiger partial charge in [-0.25, -0.2) is 4.99 Å². The van der Waals surface area contributed by atoms with Gasteiger partial charge in [-0.2, -0.15) is 0 Å². The Kier molecular flexibility index (Phi) is 8.28. The third-order valence-electron chi connectivity index (χ3n) is 6.36. The van der Waals surface area contributed by atoms with Gasteiger partial charge in [0.2, 0.25) is 0 Å². The Bertz CT molecular complexity index is 1220. The number of amidine groups is 1. The quantitative estimate of drug-likeness (QED) is 0.267. The second-order valence-corrected chi connectivity index (χ2v) is 10.9. The zero-order chi connectivity index (χ0) is 25.9. The molecule has 0 radical (unpaired) electrons. The van der Waals surface area contributed by atoms with Crippen LogP contribution in [0.3, 0.4) is 0 Å². The minimum absolute atomic E-state index is 0.0795. The number of anilines is 1. The van der Waals surface area contributed by atoms with E-state index in [0.29, 0.717) is 34.9 Å². The second kappa shape index (κ2) is 11.2. The van der Waals surface area contributed by atoms with Crippen LogP contribution in [0, 0.1) is 0 Å². The largest absolute Gasteiger partial charge is 0.380 e. The number of fused-ring (bicyclic) bond motifs is 1. The van der Waals surface area contributed by atoms with Crippen molar-refractivity contribution in [3.63, 3.8) is 0 Å². The summed E-state index contributed by atoms with van der Waals surface area (Å²) >= 11 is 8.20. The number of thioether (sulfide) groups is 1. The van der Waals surface area contributed by atoms with Gasteiger partial charge in [-0.3, -0.25) is 9.69 Å². The Morgan fingerprint density at radius 3 is 2.58 bits per heavy atom. The van der Waals surface area contributed by atoms with E-state index in [0.717, 1.165) is 35.5 Å². The Balaban J connectivity index is 1.71. The molecule has 2 heterocycles. The van der Waals surface area contributed by atoms with Crippen LogP contribution in [0.25, 0.3) is 11.6 Å². The fourth-order valence-electron chi connectivity index (χ4n) is 4.70. The van der Waals surface area contributed by atoms with Gasteiger partial charge in [0.25, 0.3) is 5.91 Å². The molecule has 7 heteroatoms. The summed E-state index contributed by atoms with van der Waals surface area (Å²) in [5.74, 6) is -0.0795. The number of halogens is 1. The van der Waals surface area contributed by atoms with Crippen LogP contribution in [0.5, 0.6) is 0 Å². The molecular formula is C29H34ClN3O2S. The van der Waals surface area contributed by atoms with Gasteiger partial charge in [-0.1, -0.05) is 42.8 Å². The number of hydrogen-bond acceptors (Lipinski definition) is 5. The van der Waals surface area contributed by atoms with Crippen LogP contribution >= 0.6 is 23.4 Å². The van der Waals surface area contributed by atoms with Crippen LogP contribution in [0.15, 0.2) is 58.4 Å². The van der Waals surface area contributed by atoms with Gasteiger partial charge in [-0.15, -0.1) is 0 Å². The molecule has 0 atom stereocenters. The standard InChI is InChI=1S/C29H34ClN3O2S/c1-6-13-33-25-18-24(30)21(16-23(25)20(3)19-29(33,4)5)17-26-27(34)32(14-15-35-7-2)28(36-26)31-22-11-9-8-10-12-22/h8-12,16-19H,6-7,13-15H2,1-5H3/b26-17+,31-28?. The van der Waals surface area contributed by atoms with Crippen LogP contribution in [0.1, 0.15) is 52.2 Å². The topological polar surface area (TPSA) is 45.1 Å². The molecule has 0 aliphatic carbocycles. The number of amides is 1. The number of carbonyl (C=O) groups is 1. The third kappa shape index (κ3) is 5.56. The molecular weight excluding hydrogens is 490 g/mol. The zero-order valence-corrected chi connectivity index (χ0v) is 23.2. The van der Waals surface area contributed by atoms with Crippen molar-refractivity contribution >= 4 is 57.5 Å². The van der Waals surface area contributed by atoms with Crippen molar-refractivity contribution in [1.82, 2.24) is 4.90 Å². The average Bonchev–Trinajstić information content (AvgIpc) is 3.12. The number of hydrogen-bond donors (Lipinski definition) is 0. The van der Waals surface area contributed by atoms with Crippen molar-refractivity contribution in [2.45, 2.75) is 46.6 Å². The average molecular weight is 524 g/mol. The maximum absolute atomic E-state index is 13.4. The molecule has 4 rings (SSSR count). The van der Waals surface area contributed by atoms with E-state index in [1.807, 2.05) is 49.4 Å². The molecule has 0 N–H and O–H groups in total. The normalized spacial score (nSPS) is 19.3. The number of allylic oxidation sites excluding steroid dienone is 1. The van der Waals surface area contributed by atoms with Gasteiger partial charge in [-0.05, 0) is 87.4 Å². The lowest BCUT2D eigenvalue weighted by Gasteiger charge is -2.43. The summed E-state index contributed by atoms with van der Waals surface area (Å²) in [6.07, 6.45) is 5.25. The van der Waals surface area contributed by atoms with Crippen LogP contribution in [-0.2, 0) is 9.53 Å². The fourth-order valence-corrected chi connectivity index (χ4v) is 5.93. The van der Waals surface area contributed by atoms with Crippen LogP contribution in [-0.4, -0.2) is 47.8 Å². The molecule has 0 unspecified atom stereocenters. The molecule has 1 fully saturated rings. The molecule has 0 spiro atoms. The number of rotatable bonds is 8. The summed E-state index contributed by atoms with van der Waals surface area (Å²) in [6, 6.07) is 13.8. The molecule has 5 nitrogen and oxygen atoms in total. The highest BCUT2D eigenvalue weighted by molar-refractivity contribution is 8.18. The van der Waals surface area contributed by atoms with Crippen molar-refractivity contribution in [2.24, 2.45) is 4.99 Å². The molecule has 0 bridgehead atoms. The van der Waals surface area contributed by atoms with Crippen molar-refractivity contribution in [3.8, 4) is 0 Å². The van der Waals surface area contributed by atoms with Gasteiger partial charge in [0, 0.05) is 29.4 Å². The first-order valence-corrected chi connectivity index (χ1v) is 13.7. The lowest BCUT2D eigenvalue weighted by molar-refractivity contribution is -0.122. The van der Waals surface area contributed by atoms with E-state index < -0.39 is 0 Å². The lowest BCUT2D eigenvalue weighted by atomic mass is 9.87. The Morgan fingerprint density at radius 2 is 1.89 bits per heavy atom. The summed E-state index contributed by atoms with van der Waals surface area (Å²) in [7, 11) is 0. The number of benzene rings is 2. The third-order valence-corrected chi connectivity index (χ3v) is 7.70. The van der Waals surface area contributed by atoms with E-state index in [4.69, 9.17) is 21.3 Å². The van der Waals surface area contributed by atoms with Gasteiger partial charge >= 0.3 is 0 Å². The molecule has 2 aliphatic rings. The highest BCUT2D eigenvalue weighted by Gasteiger charge is 2.34. The molecule has 190 valence electrons. The highest BCUT2D eigenvalue weighted by Crippen LogP contribution is 2.43. The van der Waals surface area contributed by atoms with E-state index in [1.165, 1.54) is 17.3 Å². The van der Waals surface area contributed by atoms with Crippen LogP contribution in [0.4, 0.5) is 11.4 Å². The first-order chi connectivity index (χ1) is 17.2. The minimum Gasteiger partial charge on any atom is -0.380 e. The van der Waals surface area contributed by atoms with Crippen molar-refractivity contribution < 1.29 is 9.53 Å². The Labute approximate surface area is 223 Å². The smallest absolute Gasteiger partial charge is 0.266 e. The SMILES string of the molecule is CCCN1c2cc(Cl)c(/C=C3/SC(=Nc4ccccc4)N(CCOCC)C3=O)cc2C(C)=CC1(C)C. The number of aliphatic imine (C=N–C) groups is 1. The van der Waals surface area contributed by atoms with Crippen LogP contribution < -0.4 is 4.90 Å². The predicted molar refractivity (Wildman–Crippen MR) is 154 cm³/mol. The summed E-state index contributed by atoms with van der Waals surface area (Å²) in [6.45, 7) is 13.2. The molecule has 0 saturated carbocycles. The zero-order valence-electron chi connectivity index (χ0n) is 21.7. The molecule has 36 heavy (non-hydrogen) atoms. The maximum atomic E-state index is 13.4. The van der Waals surface area contributed by atoms with Gasteiger partial charge in [0.05, 0.1) is 29.3 Å². The number of carbonyl (C=O) groups excluding carboxylic acids is 1. The molecule has 1 amide bonds. The second-order valence-electron chi connectivity index (χ2n) is 9.52. The fraction of sp³-hybridized carbons (Fsp3) is 0.379. The number of ether oxygens (including phenoxy) is 1. The lowest BCUT2D eigenvalue weighted by Crippen LogP contribution is -2.45. The summed E-state index contributed by atoms with van der Waals surface area (Å²) in [4.78, 5) is 22.9. The number of para-hydroxylation sites is 1. The van der Waals surface area contributed by atoms with E-state index >= 15 is 0 Å². The molecule has 2 aliphatic heterocycles. The summed E-state index contributed by atoms with van der Waals surface area (Å²) in [5, 5.41) is 1.29. The highest BCUT2D eigenvalue weighted by atomic mass is 35.5. The van der Waals surface area contributed by atoms with E-state index in [9.17, 15) is 4.79 Å². The first-order valence-electron chi connectivity index (χ1n) is 12.5. The monoisotopic (exact) mass is 523 g/mol. The Hall–Kier alpha value is -2.54. The van der Waals surface area contributed by atoms with Gasteiger partial charge in [0.15, 0.2) is 5.17 Å². The van der Waals surface area contributed by atoms with E-state index in [2.05, 4.69) is 44.7 Å². The van der Waals surface area contributed by atoms with Crippen molar-refractivity contribution in [1.29, 1.82) is 0 Å². The van der Waals surface area contributed by atoms with E-state index in [1.54, 1.807) is 4.90 Å². The van der Waals surface area contributed by atoms with E-state index in [-0.39, 0.29) is 11.4 Å². The predicted octanol–water partition coefficient (Wildman–Crippen LogP) is 7.39. The van der Waals surface area contributed by atoms with Gasteiger partial charge < -0.3 is 9.64 Å². The summed E-state index contributed by atoms with van der Waals surface area (Å²) < 4.78 is 5.53. The van der Waals surface area contributed by atoms with Gasteiger partial charge in [0.1, 0.15) is 0 Å². The van der Waals surface area contributed by atoms with Crippen LogP contribution in [0.2, 0.25) is 5.02 Å². The Morgan fingerprint density at radius 1 is 1.14 bits per heavy atom. The van der Waals surface area contributed by atoms with Crippen molar-refractivity contribution in [2.75, 3.05) is 31.2 Å². The molecule has 0 aromatic heterocycles. The molecule has 2 aromatic carbocycles. The summed E-state index contributed by atoms with van der Waals surface area (Å²) in [5.41, 5.74) is 5.07.